The van der Waals surface area contributed by atoms with Crippen molar-refractivity contribution in [3.05, 3.63) is 65.7 Å². The molecular weight excluding hydrogens is 411 g/mol. The van der Waals surface area contributed by atoms with Crippen molar-refractivity contribution in [1.82, 2.24) is 4.90 Å². The zero-order valence-electron chi connectivity index (χ0n) is 14.4. The lowest BCUT2D eigenvalue weighted by Gasteiger charge is -2.18. The normalized spacial score (nSPS) is 11.2. The zero-order valence-corrected chi connectivity index (χ0v) is 16.7. The van der Waals surface area contributed by atoms with E-state index in [2.05, 4.69) is 53.3 Å². The van der Waals surface area contributed by atoms with Gasteiger partial charge >= 0.3 is 0 Å². The van der Waals surface area contributed by atoms with Gasteiger partial charge in [0, 0.05) is 12.2 Å². The lowest BCUT2D eigenvalue weighted by molar-refractivity contribution is 0.296. The number of hydrogen-bond acceptors (Lipinski definition) is 2. The average Bonchev–Trinajstić information content (AvgIpc) is 2.59. The molecule has 4 nitrogen and oxygen atoms in total. The standard InChI is InChI=1S/C19H26N4.HI/c1-3-23(4-2)15-17-10-8-9-16(13-17)14-21-19(20)22-18-11-6-5-7-12-18;/h5-13H,3-4,14-15H2,1-2H3,(H3,20,21,22);1H. The summed E-state index contributed by atoms with van der Waals surface area (Å²) in [6.07, 6.45) is 0. The van der Waals surface area contributed by atoms with Gasteiger partial charge in [-0.3, -0.25) is 4.90 Å². The van der Waals surface area contributed by atoms with Crippen LogP contribution in [0.4, 0.5) is 5.69 Å². The van der Waals surface area contributed by atoms with Crippen LogP contribution in [-0.2, 0) is 13.1 Å². The molecule has 0 saturated heterocycles. The van der Waals surface area contributed by atoms with Crippen molar-refractivity contribution >= 4 is 35.6 Å². The molecule has 0 heterocycles. The smallest absolute Gasteiger partial charge is 0.193 e. The first kappa shape index (κ1) is 20.4. The fourth-order valence-electron chi connectivity index (χ4n) is 2.42. The molecule has 0 amide bonds. The van der Waals surface area contributed by atoms with Crippen molar-refractivity contribution in [1.29, 1.82) is 0 Å². The third-order valence-corrected chi connectivity index (χ3v) is 3.77. The molecule has 2 aromatic carbocycles. The number of nitrogens with two attached hydrogens (primary N) is 1. The summed E-state index contributed by atoms with van der Waals surface area (Å²) in [6, 6.07) is 18.4. The van der Waals surface area contributed by atoms with Crippen LogP contribution in [0, 0.1) is 0 Å². The number of guanidine groups is 1. The van der Waals surface area contributed by atoms with Crippen LogP contribution in [0.25, 0.3) is 0 Å². The first-order chi connectivity index (χ1) is 11.2. The highest BCUT2D eigenvalue weighted by atomic mass is 127. The van der Waals surface area contributed by atoms with E-state index in [1.807, 2.05) is 30.3 Å². The van der Waals surface area contributed by atoms with Crippen molar-refractivity contribution in [2.24, 2.45) is 10.7 Å². The number of anilines is 1. The molecule has 0 fully saturated rings. The van der Waals surface area contributed by atoms with Crippen LogP contribution in [0.2, 0.25) is 0 Å². The Kier molecular flexibility index (Phi) is 9.41. The van der Waals surface area contributed by atoms with Crippen LogP contribution < -0.4 is 11.1 Å². The molecule has 0 aliphatic carbocycles. The van der Waals surface area contributed by atoms with Crippen molar-refractivity contribution < 1.29 is 0 Å². The van der Waals surface area contributed by atoms with E-state index in [1.165, 1.54) is 11.1 Å². The number of nitrogens with zero attached hydrogens (tertiary/aromatic N) is 2. The van der Waals surface area contributed by atoms with Crippen molar-refractivity contribution in [2.75, 3.05) is 18.4 Å². The molecular formula is C19H27IN4. The van der Waals surface area contributed by atoms with Gasteiger partial charge in [0.2, 0.25) is 0 Å². The Bertz CT molecular complexity index is 624. The molecule has 0 bridgehead atoms. The van der Waals surface area contributed by atoms with E-state index in [0.717, 1.165) is 25.3 Å². The summed E-state index contributed by atoms with van der Waals surface area (Å²) < 4.78 is 0. The van der Waals surface area contributed by atoms with Crippen LogP contribution >= 0.6 is 24.0 Å². The third-order valence-electron chi connectivity index (χ3n) is 3.77. The number of nitrogens with one attached hydrogen (secondary N) is 1. The first-order valence-electron chi connectivity index (χ1n) is 8.13. The number of aliphatic imine (C=N–C) groups is 1. The Morgan fingerprint density at radius 1 is 1.00 bits per heavy atom. The van der Waals surface area contributed by atoms with Gasteiger partial charge < -0.3 is 11.1 Å². The monoisotopic (exact) mass is 438 g/mol. The van der Waals surface area contributed by atoms with Crippen LogP contribution in [0.5, 0.6) is 0 Å². The molecule has 0 saturated carbocycles. The van der Waals surface area contributed by atoms with E-state index in [0.29, 0.717) is 12.5 Å². The van der Waals surface area contributed by atoms with Gasteiger partial charge in [-0.15, -0.1) is 24.0 Å². The lowest BCUT2D eigenvalue weighted by Crippen LogP contribution is -2.22. The van der Waals surface area contributed by atoms with Crippen LogP contribution in [0.15, 0.2) is 59.6 Å². The summed E-state index contributed by atoms with van der Waals surface area (Å²) in [7, 11) is 0. The summed E-state index contributed by atoms with van der Waals surface area (Å²) >= 11 is 0. The van der Waals surface area contributed by atoms with Gasteiger partial charge in [0.05, 0.1) is 6.54 Å². The Balaban J connectivity index is 0.00000288. The molecule has 0 unspecified atom stereocenters. The van der Waals surface area contributed by atoms with E-state index in [9.17, 15) is 0 Å². The summed E-state index contributed by atoms with van der Waals surface area (Å²) in [5, 5.41) is 3.10. The van der Waals surface area contributed by atoms with Gasteiger partial charge in [-0.05, 0) is 36.3 Å². The largest absolute Gasteiger partial charge is 0.370 e. The van der Waals surface area contributed by atoms with Crippen LogP contribution in [0.1, 0.15) is 25.0 Å². The SMILES string of the molecule is CCN(CC)Cc1cccc(CN=C(N)Nc2ccccc2)c1.I. The summed E-state index contributed by atoms with van der Waals surface area (Å²) in [5.74, 6) is 0.436. The van der Waals surface area contributed by atoms with E-state index in [4.69, 9.17) is 5.73 Å². The molecule has 0 aliphatic rings. The molecule has 0 aliphatic heterocycles. The van der Waals surface area contributed by atoms with Crippen LogP contribution in [-0.4, -0.2) is 23.9 Å². The molecule has 0 atom stereocenters. The highest BCUT2D eigenvalue weighted by Gasteiger charge is 2.02. The summed E-state index contributed by atoms with van der Waals surface area (Å²) in [6.45, 7) is 8.06. The predicted molar refractivity (Wildman–Crippen MR) is 114 cm³/mol. The van der Waals surface area contributed by atoms with Gasteiger partial charge in [-0.2, -0.15) is 0 Å². The van der Waals surface area contributed by atoms with E-state index >= 15 is 0 Å². The van der Waals surface area contributed by atoms with E-state index in [-0.39, 0.29) is 24.0 Å². The molecule has 0 aromatic heterocycles. The lowest BCUT2D eigenvalue weighted by atomic mass is 10.1. The Hall–Kier alpha value is -1.60. The first-order valence-corrected chi connectivity index (χ1v) is 8.13. The van der Waals surface area contributed by atoms with Gasteiger partial charge in [0.15, 0.2) is 5.96 Å². The molecule has 0 radical (unpaired) electrons. The van der Waals surface area contributed by atoms with Crippen LogP contribution in [0.3, 0.4) is 0 Å². The predicted octanol–water partition coefficient (Wildman–Crippen LogP) is 4.07. The second kappa shape index (κ2) is 11.0. The second-order valence-electron chi connectivity index (χ2n) is 5.47. The van der Waals surface area contributed by atoms with Gasteiger partial charge in [0.1, 0.15) is 0 Å². The zero-order chi connectivity index (χ0) is 16.5. The minimum atomic E-state index is 0. The highest BCUT2D eigenvalue weighted by molar-refractivity contribution is 14.0. The number of hydrogen-bond donors (Lipinski definition) is 2. The molecule has 5 heteroatoms. The minimum Gasteiger partial charge on any atom is -0.370 e. The molecule has 2 rings (SSSR count). The topological polar surface area (TPSA) is 53.6 Å². The van der Waals surface area contributed by atoms with Gasteiger partial charge in [-0.25, -0.2) is 4.99 Å². The number of benzene rings is 2. The molecule has 0 spiro atoms. The number of halogens is 1. The Labute approximate surface area is 162 Å². The van der Waals surface area contributed by atoms with Gasteiger partial charge in [-0.1, -0.05) is 56.3 Å². The maximum atomic E-state index is 5.95. The fraction of sp³-hybridized carbons (Fsp3) is 0.316. The van der Waals surface area contributed by atoms with Crippen molar-refractivity contribution in [3.63, 3.8) is 0 Å². The Morgan fingerprint density at radius 2 is 1.67 bits per heavy atom. The second-order valence-corrected chi connectivity index (χ2v) is 5.47. The number of para-hydroxylation sites is 1. The van der Waals surface area contributed by atoms with Gasteiger partial charge in [0.25, 0.3) is 0 Å². The van der Waals surface area contributed by atoms with Crippen molar-refractivity contribution in [3.8, 4) is 0 Å². The van der Waals surface area contributed by atoms with E-state index in [1.54, 1.807) is 0 Å². The maximum absolute atomic E-state index is 5.95. The Morgan fingerprint density at radius 3 is 2.33 bits per heavy atom. The maximum Gasteiger partial charge on any atom is 0.193 e. The summed E-state index contributed by atoms with van der Waals surface area (Å²) in [4.78, 5) is 6.82. The van der Waals surface area contributed by atoms with Crippen molar-refractivity contribution in [2.45, 2.75) is 26.9 Å². The molecule has 24 heavy (non-hydrogen) atoms. The molecule has 2 aromatic rings. The quantitative estimate of drug-likeness (QED) is 0.389. The number of rotatable bonds is 7. The highest BCUT2D eigenvalue weighted by Crippen LogP contribution is 2.10. The fourth-order valence-corrected chi connectivity index (χ4v) is 2.42. The molecule has 3 N–H and O–H groups in total. The van der Waals surface area contributed by atoms with E-state index < -0.39 is 0 Å². The molecule has 130 valence electrons. The summed E-state index contributed by atoms with van der Waals surface area (Å²) in [5.41, 5.74) is 9.38. The average molecular weight is 438 g/mol. The third kappa shape index (κ3) is 6.88. The minimum absolute atomic E-state index is 0.